The molecule has 0 radical (unpaired) electrons. The van der Waals surface area contributed by atoms with Crippen LogP contribution in [0.5, 0.6) is 0 Å². The average molecular weight is 614 g/mol. The number of carbonyl (C=O) groups excluding carboxylic acids is 6. The molecule has 0 N–H and O–H groups in total. The zero-order valence-electron chi connectivity index (χ0n) is 15.9. The van der Waals surface area contributed by atoms with Crippen molar-refractivity contribution >= 4 is 34.7 Å². The minimum absolute atomic E-state index is 0. The minimum atomic E-state index is -4.87. The Morgan fingerprint density at radius 2 is 0.581 bits per heavy atom. The largest absolute Gasteiger partial charge is 3.00 e. The maximum atomic E-state index is 11.3. The molecule has 0 aromatic rings. The maximum absolute atomic E-state index is 11.3. The summed E-state index contributed by atoms with van der Waals surface area (Å²) in [5, 5.41) is 0. The van der Waals surface area contributed by atoms with Gasteiger partial charge in [-0.25, -0.2) is 0 Å². The van der Waals surface area contributed by atoms with Crippen molar-refractivity contribution < 1.29 is 118 Å². The molecule has 0 amide bonds. The second-order valence-corrected chi connectivity index (χ2v) is 5.40. The Kier molecular flexibility index (Phi) is 18.9. The normalized spacial score (nSPS) is 10.8. The van der Waals surface area contributed by atoms with Crippen LogP contribution in [0.2, 0.25) is 0 Å². The van der Waals surface area contributed by atoms with Gasteiger partial charge in [0.25, 0.3) is 0 Å². The van der Waals surface area contributed by atoms with Crippen molar-refractivity contribution in [1.29, 1.82) is 0 Å². The van der Waals surface area contributed by atoms with Gasteiger partial charge in [0.2, 0.25) is 17.3 Å². The summed E-state index contributed by atoms with van der Waals surface area (Å²) in [6, 6.07) is 0. The number of alkyl halides is 9. The second-order valence-electron chi connectivity index (χ2n) is 5.40. The van der Waals surface area contributed by atoms with Crippen molar-refractivity contribution in [3.05, 3.63) is 0 Å². The van der Waals surface area contributed by atoms with Crippen LogP contribution in [0.4, 0.5) is 39.5 Å². The molecule has 16 heteroatoms. The van der Waals surface area contributed by atoms with E-state index in [1.54, 1.807) is 0 Å². The van der Waals surface area contributed by atoms with Gasteiger partial charge in [0.1, 0.15) is 17.3 Å². The number of ketones is 6. The van der Waals surface area contributed by atoms with Crippen LogP contribution in [0.25, 0.3) is 0 Å². The first-order valence-electron chi connectivity index (χ1n) is 7.30. The first kappa shape index (κ1) is 37.3. The van der Waals surface area contributed by atoms with E-state index >= 15 is 0 Å². The standard InChI is InChI=1S/3C5H5F3O2.Eu/c3*1-3(9)2-4(10)5(6,7)8;/h3*2H2,1H3;/q;;;+3. The fourth-order valence-corrected chi connectivity index (χ4v) is 0.979. The summed E-state index contributed by atoms with van der Waals surface area (Å²) in [5.41, 5.74) is 0. The summed E-state index contributed by atoms with van der Waals surface area (Å²) in [4.78, 5) is 59.7. The third-order valence-corrected chi connectivity index (χ3v) is 2.18. The minimum Gasteiger partial charge on any atom is -0.300 e. The molecule has 0 spiro atoms. The van der Waals surface area contributed by atoms with Crippen molar-refractivity contribution in [3.8, 4) is 0 Å². The molecular formula is C15H15EuF9O6+3. The number of halogens is 9. The number of hydrogen-bond acceptors (Lipinski definition) is 6. The van der Waals surface area contributed by atoms with E-state index in [2.05, 4.69) is 0 Å². The van der Waals surface area contributed by atoms with Crippen molar-refractivity contribution in [1.82, 2.24) is 0 Å². The molecule has 0 aliphatic rings. The molecular weight excluding hydrogens is 599 g/mol. The van der Waals surface area contributed by atoms with Crippen LogP contribution in [-0.4, -0.2) is 53.2 Å². The molecule has 0 unspecified atom stereocenters. The smallest absolute Gasteiger partial charge is 0.300 e. The summed E-state index contributed by atoms with van der Waals surface area (Å²) in [5.74, 6) is -8.29. The third kappa shape index (κ3) is 25.1. The van der Waals surface area contributed by atoms with E-state index in [0.29, 0.717) is 0 Å². The van der Waals surface area contributed by atoms with Crippen LogP contribution in [-0.2, 0) is 28.8 Å². The van der Waals surface area contributed by atoms with Crippen molar-refractivity contribution in [2.45, 2.75) is 58.6 Å². The van der Waals surface area contributed by atoms with Gasteiger partial charge in [0, 0.05) is 0 Å². The first-order valence-corrected chi connectivity index (χ1v) is 7.30. The average Bonchev–Trinajstić information content (AvgIpc) is 2.43. The van der Waals surface area contributed by atoms with Crippen LogP contribution in [0.1, 0.15) is 40.0 Å². The van der Waals surface area contributed by atoms with Crippen LogP contribution < -0.4 is 0 Å². The molecule has 178 valence electrons. The molecule has 0 atom stereocenters. The van der Waals surface area contributed by atoms with Crippen molar-refractivity contribution in [3.63, 3.8) is 0 Å². The van der Waals surface area contributed by atoms with Crippen molar-refractivity contribution in [2.75, 3.05) is 0 Å². The molecule has 0 bridgehead atoms. The van der Waals surface area contributed by atoms with E-state index in [9.17, 15) is 68.3 Å². The van der Waals surface area contributed by atoms with Gasteiger partial charge in [-0.1, -0.05) is 0 Å². The van der Waals surface area contributed by atoms with Crippen LogP contribution in [0, 0.1) is 49.4 Å². The Bertz CT molecular complexity index is 573. The summed E-state index contributed by atoms with van der Waals surface area (Å²) in [6.07, 6.45) is -17.8. The Morgan fingerprint density at radius 3 is 0.613 bits per heavy atom. The molecule has 6 nitrogen and oxygen atoms in total. The molecule has 0 fully saturated rings. The monoisotopic (exact) mass is 615 g/mol. The second kappa shape index (κ2) is 15.7. The summed E-state index contributed by atoms with van der Waals surface area (Å²) >= 11 is 0. The van der Waals surface area contributed by atoms with E-state index in [1.165, 1.54) is 0 Å². The van der Waals surface area contributed by atoms with Gasteiger partial charge in [-0.2, -0.15) is 39.5 Å². The van der Waals surface area contributed by atoms with Gasteiger partial charge < -0.3 is 0 Å². The zero-order valence-corrected chi connectivity index (χ0v) is 18.3. The predicted molar refractivity (Wildman–Crippen MR) is 79.1 cm³/mol. The van der Waals surface area contributed by atoms with Gasteiger partial charge in [-0.05, 0) is 20.8 Å². The maximum Gasteiger partial charge on any atom is 3.00 e. The van der Waals surface area contributed by atoms with E-state index < -0.39 is 72.5 Å². The summed E-state index contributed by atoms with van der Waals surface area (Å²) in [6.45, 7) is 2.80. The quantitative estimate of drug-likeness (QED) is 0.337. The summed E-state index contributed by atoms with van der Waals surface area (Å²) < 4.78 is 102. The third-order valence-electron chi connectivity index (χ3n) is 2.18. The van der Waals surface area contributed by atoms with E-state index in [-0.39, 0.29) is 49.4 Å². The van der Waals surface area contributed by atoms with Crippen molar-refractivity contribution in [2.24, 2.45) is 0 Å². The molecule has 0 aromatic carbocycles. The number of rotatable bonds is 6. The summed E-state index contributed by atoms with van der Waals surface area (Å²) in [7, 11) is 0. The Hall–Kier alpha value is -1.03. The van der Waals surface area contributed by atoms with E-state index in [0.717, 1.165) is 20.8 Å². The Morgan fingerprint density at radius 1 is 0.452 bits per heavy atom. The van der Waals surface area contributed by atoms with Gasteiger partial charge in [-0.3, -0.25) is 28.8 Å². The predicted octanol–water partition coefficient (Wildman–Crippen LogP) is 3.29. The molecule has 0 saturated carbocycles. The van der Waals surface area contributed by atoms with Gasteiger partial charge in [0.15, 0.2) is 0 Å². The Labute approximate surface area is 209 Å². The topological polar surface area (TPSA) is 102 Å². The number of Topliss-reactive ketones (excluding diaryl/α,β-unsaturated/α-hetero) is 6. The zero-order chi connectivity index (χ0) is 25.1. The van der Waals surface area contributed by atoms with E-state index in [4.69, 9.17) is 0 Å². The number of hydrogen-bond donors (Lipinski definition) is 0. The molecule has 0 rings (SSSR count). The Balaban J connectivity index is -0.000000174. The molecule has 0 aliphatic heterocycles. The molecule has 0 aliphatic carbocycles. The fraction of sp³-hybridized carbons (Fsp3) is 0.600. The van der Waals surface area contributed by atoms with Gasteiger partial charge in [-0.15, -0.1) is 0 Å². The molecule has 0 aromatic heterocycles. The van der Waals surface area contributed by atoms with Crippen LogP contribution in [0.15, 0.2) is 0 Å². The molecule has 31 heavy (non-hydrogen) atoms. The van der Waals surface area contributed by atoms with Gasteiger partial charge in [0.05, 0.1) is 19.3 Å². The van der Waals surface area contributed by atoms with Crippen LogP contribution >= 0.6 is 0 Å². The SMILES string of the molecule is CC(=O)CC(=O)C(F)(F)F.CC(=O)CC(=O)C(F)(F)F.CC(=O)CC(=O)C(F)(F)F.[Eu+3]. The molecule has 0 saturated heterocycles. The fourth-order valence-electron chi connectivity index (χ4n) is 0.979. The number of carbonyl (C=O) groups is 6. The molecule has 0 heterocycles. The van der Waals surface area contributed by atoms with Gasteiger partial charge >= 0.3 is 67.9 Å². The first-order chi connectivity index (χ1) is 13.0. The van der Waals surface area contributed by atoms with Crippen LogP contribution in [0.3, 0.4) is 0 Å². The van der Waals surface area contributed by atoms with E-state index in [1.807, 2.05) is 0 Å².